The highest BCUT2D eigenvalue weighted by Crippen LogP contribution is 1.90. The first-order valence-electron chi connectivity index (χ1n) is 4.60. The van der Waals surface area contributed by atoms with Crippen molar-refractivity contribution in [1.82, 2.24) is 4.90 Å². The number of nitrogens with zero attached hydrogens (tertiary/aromatic N) is 1. The molecule has 0 unspecified atom stereocenters. The molecule has 0 aliphatic rings. The minimum Gasteiger partial charge on any atom is -0.466 e. The highest BCUT2D eigenvalue weighted by molar-refractivity contribution is 5.91. The number of ether oxygens (including phenoxy) is 2. The first kappa shape index (κ1) is 14.2. The molecule has 0 aromatic carbocycles. The van der Waals surface area contributed by atoms with Crippen LogP contribution in [0.3, 0.4) is 0 Å². The highest BCUT2D eigenvalue weighted by atomic mass is 16.5. The van der Waals surface area contributed by atoms with E-state index in [1.165, 1.54) is 12.0 Å². The molecule has 0 spiro atoms. The van der Waals surface area contributed by atoms with Crippen LogP contribution in [0.5, 0.6) is 0 Å². The Morgan fingerprint density at radius 3 is 2.19 bits per heavy atom. The van der Waals surface area contributed by atoms with Crippen LogP contribution in [0.4, 0.5) is 0 Å². The van der Waals surface area contributed by atoms with Crippen molar-refractivity contribution in [3.8, 4) is 0 Å². The maximum absolute atomic E-state index is 11.1. The maximum atomic E-state index is 11.1. The zero-order valence-electron chi connectivity index (χ0n) is 9.56. The third-order valence-corrected chi connectivity index (χ3v) is 1.62. The van der Waals surface area contributed by atoms with E-state index in [9.17, 15) is 14.4 Å². The van der Waals surface area contributed by atoms with Gasteiger partial charge in [-0.1, -0.05) is 0 Å². The third-order valence-electron chi connectivity index (χ3n) is 1.62. The van der Waals surface area contributed by atoms with Crippen molar-refractivity contribution < 1.29 is 23.9 Å². The molecule has 0 radical (unpaired) electrons. The van der Waals surface area contributed by atoms with Gasteiger partial charge in [0.1, 0.15) is 6.61 Å². The van der Waals surface area contributed by atoms with Crippen LogP contribution >= 0.6 is 0 Å². The van der Waals surface area contributed by atoms with Crippen LogP contribution in [0.25, 0.3) is 0 Å². The standard InChI is InChI=1S/C10H15NO5/c1-11(2)8(12)6-7-16-10(14)5-4-9(13)15-3/h4-5H,6-7H2,1-3H3/b5-4+. The molecule has 0 rings (SSSR count). The second kappa shape index (κ2) is 7.44. The number of esters is 2. The Kier molecular flexibility index (Phi) is 6.58. The van der Waals surface area contributed by atoms with Crippen molar-refractivity contribution in [3.05, 3.63) is 12.2 Å². The van der Waals surface area contributed by atoms with Gasteiger partial charge in [-0.2, -0.15) is 0 Å². The van der Waals surface area contributed by atoms with Crippen LogP contribution in [0.1, 0.15) is 6.42 Å². The molecule has 0 bridgehead atoms. The number of amides is 1. The molecule has 0 aliphatic heterocycles. The summed E-state index contributed by atoms with van der Waals surface area (Å²) in [6, 6.07) is 0. The zero-order chi connectivity index (χ0) is 12.6. The molecule has 0 atom stereocenters. The number of carbonyl (C=O) groups is 3. The fraction of sp³-hybridized carbons (Fsp3) is 0.500. The van der Waals surface area contributed by atoms with Crippen LogP contribution in [0.2, 0.25) is 0 Å². The second-order valence-electron chi connectivity index (χ2n) is 3.06. The molecule has 16 heavy (non-hydrogen) atoms. The van der Waals surface area contributed by atoms with E-state index in [0.29, 0.717) is 0 Å². The Balaban J connectivity index is 3.79. The summed E-state index contributed by atoms with van der Waals surface area (Å²) in [4.78, 5) is 34.1. The van der Waals surface area contributed by atoms with Gasteiger partial charge in [-0.25, -0.2) is 9.59 Å². The van der Waals surface area contributed by atoms with Crippen LogP contribution in [-0.2, 0) is 23.9 Å². The molecule has 0 aromatic heterocycles. The normalized spacial score (nSPS) is 9.94. The van der Waals surface area contributed by atoms with E-state index in [2.05, 4.69) is 9.47 Å². The number of carbonyl (C=O) groups excluding carboxylic acids is 3. The summed E-state index contributed by atoms with van der Waals surface area (Å²) in [5.74, 6) is -1.46. The predicted octanol–water partition coefficient (Wildman–Crippen LogP) is -0.263. The van der Waals surface area contributed by atoms with Gasteiger partial charge in [0.2, 0.25) is 5.91 Å². The van der Waals surface area contributed by atoms with Crippen molar-refractivity contribution in [3.63, 3.8) is 0 Å². The Bertz CT molecular complexity index is 296. The Morgan fingerprint density at radius 2 is 1.69 bits per heavy atom. The zero-order valence-corrected chi connectivity index (χ0v) is 9.56. The lowest BCUT2D eigenvalue weighted by atomic mass is 10.4. The molecule has 0 N–H and O–H groups in total. The molecular formula is C10H15NO5. The van der Waals surface area contributed by atoms with E-state index in [1.807, 2.05) is 0 Å². The molecule has 0 fully saturated rings. The summed E-state index contributed by atoms with van der Waals surface area (Å²) in [6.07, 6.45) is 2.02. The van der Waals surface area contributed by atoms with E-state index in [0.717, 1.165) is 12.2 Å². The van der Waals surface area contributed by atoms with Crippen LogP contribution in [0.15, 0.2) is 12.2 Å². The molecule has 0 aromatic rings. The second-order valence-corrected chi connectivity index (χ2v) is 3.06. The topological polar surface area (TPSA) is 72.9 Å². The average molecular weight is 229 g/mol. The van der Waals surface area contributed by atoms with Crippen molar-refractivity contribution in [1.29, 1.82) is 0 Å². The lowest BCUT2D eigenvalue weighted by Gasteiger charge is -2.09. The fourth-order valence-electron chi connectivity index (χ4n) is 0.715. The van der Waals surface area contributed by atoms with E-state index in [1.54, 1.807) is 14.1 Å². The lowest BCUT2D eigenvalue weighted by molar-refractivity contribution is -0.141. The van der Waals surface area contributed by atoms with Gasteiger partial charge in [-0.15, -0.1) is 0 Å². The van der Waals surface area contributed by atoms with Gasteiger partial charge >= 0.3 is 11.9 Å². The maximum Gasteiger partial charge on any atom is 0.331 e. The van der Waals surface area contributed by atoms with Crippen molar-refractivity contribution in [2.75, 3.05) is 27.8 Å². The molecule has 0 aliphatic carbocycles. The van der Waals surface area contributed by atoms with Crippen LogP contribution in [0, 0.1) is 0 Å². The SMILES string of the molecule is COC(=O)/C=C/C(=O)OCCC(=O)N(C)C. The van der Waals surface area contributed by atoms with Crippen molar-refractivity contribution in [2.45, 2.75) is 6.42 Å². The molecular weight excluding hydrogens is 214 g/mol. The summed E-state index contributed by atoms with van der Waals surface area (Å²) in [5, 5.41) is 0. The van der Waals surface area contributed by atoms with Gasteiger partial charge in [0.25, 0.3) is 0 Å². The highest BCUT2D eigenvalue weighted by Gasteiger charge is 2.05. The van der Waals surface area contributed by atoms with Gasteiger partial charge < -0.3 is 14.4 Å². The minimum atomic E-state index is -0.683. The molecule has 0 saturated heterocycles. The number of hydrogen-bond acceptors (Lipinski definition) is 5. The quantitative estimate of drug-likeness (QED) is 0.479. The largest absolute Gasteiger partial charge is 0.466 e. The van der Waals surface area contributed by atoms with Gasteiger partial charge in [-0.05, 0) is 0 Å². The summed E-state index contributed by atoms with van der Waals surface area (Å²) in [5.41, 5.74) is 0. The monoisotopic (exact) mass is 229 g/mol. The molecule has 6 heteroatoms. The van der Waals surface area contributed by atoms with Gasteiger partial charge in [0.15, 0.2) is 0 Å². The minimum absolute atomic E-state index is 0.0125. The van der Waals surface area contributed by atoms with Crippen LogP contribution in [-0.4, -0.2) is 50.6 Å². The van der Waals surface area contributed by atoms with E-state index < -0.39 is 11.9 Å². The van der Waals surface area contributed by atoms with Crippen LogP contribution < -0.4 is 0 Å². The molecule has 0 saturated carbocycles. The molecule has 0 heterocycles. The predicted molar refractivity (Wildman–Crippen MR) is 55.4 cm³/mol. The molecule has 90 valence electrons. The number of methoxy groups -OCH3 is 1. The summed E-state index contributed by atoms with van der Waals surface area (Å²) < 4.78 is 8.96. The summed E-state index contributed by atoms with van der Waals surface area (Å²) in [6.45, 7) is -0.0125. The van der Waals surface area contributed by atoms with E-state index >= 15 is 0 Å². The first-order valence-corrected chi connectivity index (χ1v) is 4.60. The lowest BCUT2D eigenvalue weighted by Crippen LogP contribution is -2.23. The average Bonchev–Trinajstić information content (AvgIpc) is 2.25. The smallest absolute Gasteiger partial charge is 0.331 e. The van der Waals surface area contributed by atoms with E-state index in [4.69, 9.17) is 0 Å². The summed E-state index contributed by atoms with van der Waals surface area (Å²) in [7, 11) is 4.43. The number of rotatable bonds is 5. The first-order chi connectivity index (χ1) is 7.47. The van der Waals surface area contributed by atoms with Crippen molar-refractivity contribution in [2.24, 2.45) is 0 Å². The summed E-state index contributed by atoms with van der Waals surface area (Å²) >= 11 is 0. The Morgan fingerprint density at radius 1 is 1.12 bits per heavy atom. The number of hydrogen-bond donors (Lipinski definition) is 0. The van der Waals surface area contributed by atoms with Gasteiger partial charge in [0.05, 0.1) is 13.5 Å². The Hall–Kier alpha value is -1.85. The van der Waals surface area contributed by atoms with Crippen molar-refractivity contribution >= 4 is 17.8 Å². The van der Waals surface area contributed by atoms with Gasteiger partial charge in [-0.3, -0.25) is 4.79 Å². The van der Waals surface area contributed by atoms with E-state index in [-0.39, 0.29) is 18.9 Å². The Labute approximate surface area is 93.8 Å². The third kappa shape index (κ3) is 6.58. The fourth-order valence-corrected chi connectivity index (χ4v) is 0.715. The molecule has 6 nitrogen and oxygen atoms in total. The molecule has 1 amide bonds. The van der Waals surface area contributed by atoms with Gasteiger partial charge in [0, 0.05) is 26.2 Å².